The number of hydrazine groups is 1. The molecule has 1 saturated heterocycles. The Bertz CT molecular complexity index is 649. The summed E-state index contributed by atoms with van der Waals surface area (Å²) in [7, 11) is 0. The zero-order valence-electron chi connectivity index (χ0n) is 16.8. The number of nitrogens with one attached hydrogen (secondary N) is 2. The molecule has 148 valence electrons. The number of amides is 2. The van der Waals surface area contributed by atoms with Gasteiger partial charge in [-0.1, -0.05) is 57.6 Å². The van der Waals surface area contributed by atoms with Gasteiger partial charge in [0.2, 0.25) is 0 Å². The van der Waals surface area contributed by atoms with E-state index in [9.17, 15) is 14.7 Å². The third kappa shape index (κ3) is 7.32. The standard InChI is InChI=1S/C20H29N3O4.Li/c1-2-3-4-5-6-7-8-13-21-27-15-16-9-11-17(12-10-16)23-20(26)18(14-24)19(25)22-23;/h9-12,14,21,24H,2-8,13,15H2,1H3,(H,22,25);/q;+1/p-1/b18-14-;. The first-order valence-electron chi connectivity index (χ1n) is 9.58. The van der Waals surface area contributed by atoms with Gasteiger partial charge in [0, 0.05) is 6.54 Å². The van der Waals surface area contributed by atoms with Gasteiger partial charge in [0.1, 0.15) is 0 Å². The number of nitrogens with zero attached hydrogens (tertiary/aromatic N) is 1. The molecular formula is C20H28LiN3O4. The number of unbranched alkanes of at least 4 members (excludes halogenated alkanes) is 6. The van der Waals surface area contributed by atoms with Crippen LogP contribution in [0.15, 0.2) is 36.1 Å². The normalized spacial score (nSPS) is 15.0. The van der Waals surface area contributed by atoms with Crippen LogP contribution in [-0.2, 0) is 21.0 Å². The molecule has 2 N–H and O–H groups in total. The van der Waals surface area contributed by atoms with Gasteiger partial charge in [0.25, 0.3) is 11.8 Å². The summed E-state index contributed by atoms with van der Waals surface area (Å²) < 4.78 is 0. The van der Waals surface area contributed by atoms with E-state index in [1.807, 2.05) is 12.1 Å². The van der Waals surface area contributed by atoms with Crippen molar-refractivity contribution >= 4 is 17.5 Å². The maximum absolute atomic E-state index is 11.9. The molecule has 2 amide bonds. The van der Waals surface area contributed by atoms with E-state index in [0.29, 0.717) is 12.3 Å². The van der Waals surface area contributed by atoms with Gasteiger partial charge in [0.15, 0.2) is 0 Å². The maximum atomic E-state index is 11.9. The third-order valence-corrected chi connectivity index (χ3v) is 4.43. The summed E-state index contributed by atoms with van der Waals surface area (Å²) in [4.78, 5) is 28.9. The minimum Gasteiger partial charge on any atom is -0.877 e. The largest absolute Gasteiger partial charge is 1.00 e. The van der Waals surface area contributed by atoms with Crippen LogP contribution in [0, 0.1) is 0 Å². The molecule has 2 rings (SSSR count). The summed E-state index contributed by atoms with van der Waals surface area (Å²) in [6.07, 6.45) is 9.10. The number of hydrogen-bond acceptors (Lipinski definition) is 5. The summed E-state index contributed by atoms with van der Waals surface area (Å²) in [6.45, 7) is 3.45. The van der Waals surface area contributed by atoms with Crippen LogP contribution in [0.3, 0.4) is 0 Å². The van der Waals surface area contributed by atoms with Crippen LogP contribution >= 0.6 is 0 Å². The summed E-state index contributed by atoms with van der Waals surface area (Å²) in [5, 5.41) is 11.8. The predicted molar refractivity (Wildman–Crippen MR) is 101 cm³/mol. The number of carbonyl (C=O) groups is 2. The molecular weight excluding hydrogens is 353 g/mol. The van der Waals surface area contributed by atoms with Crippen LogP contribution in [-0.4, -0.2) is 18.4 Å². The topological polar surface area (TPSA) is 93.7 Å². The SMILES string of the molecule is CCCCCCCCCNOCc1ccc(N2NC(=O)/C(=C/[O-])C2=O)cc1.[Li+]. The van der Waals surface area contributed by atoms with E-state index in [1.165, 1.54) is 38.5 Å². The molecule has 28 heavy (non-hydrogen) atoms. The molecule has 1 aromatic carbocycles. The summed E-state index contributed by atoms with van der Waals surface area (Å²) >= 11 is 0. The van der Waals surface area contributed by atoms with Crippen molar-refractivity contribution in [2.45, 2.75) is 58.5 Å². The fourth-order valence-corrected chi connectivity index (χ4v) is 2.82. The van der Waals surface area contributed by atoms with E-state index in [0.717, 1.165) is 23.5 Å². The van der Waals surface area contributed by atoms with Crippen molar-refractivity contribution in [3.63, 3.8) is 0 Å². The first-order chi connectivity index (χ1) is 13.2. The zero-order valence-corrected chi connectivity index (χ0v) is 16.8. The minimum atomic E-state index is -0.683. The molecule has 0 radical (unpaired) electrons. The fourth-order valence-electron chi connectivity index (χ4n) is 2.82. The molecule has 1 aliphatic heterocycles. The Morgan fingerprint density at radius 2 is 1.71 bits per heavy atom. The van der Waals surface area contributed by atoms with Crippen molar-refractivity contribution in [3.8, 4) is 0 Å². The van der Waals surface area contributed by atoms with Gasteiger partial charge in [-0.25, -0.2) is 10.5 Å². The van der Waals surface area contributed by atoms with E-state index in [2.05, 4.69) is 17.8 Å². The third-order valence-electron chi connectivity index (χ3n) is 4.43. The van der Waals surface area contributed by atoms with Crippen molar-refractivity contribution in [3.05, 3.63) is 41.7 Å². The Kier molecular flexibility index (Phi) is 11.6. The van der Waals surface area contributed by atoms with Gasteiger partial charge in [-0.3, -0.25) is 19.9 Å². The van der Waals surface area contributed by atoms with Crippen molar-refractivity contribution in [1.29, 1.82) is 0 Å². The van der Waals surface area contributed by atoms with Gasteiger partial charge in [-0.05, 0) is 24.1 Å². The van der Waals surface area contributed by atoms with Gasteiger partial charge in [-0.2, -0.15) is 0 Å². The van der Waals surface area contributed by atoms with Crippen LogP contribution in [0.1, 0.15) is 57.4 Å². The number of rotatable bonds is 12. The minimum absolute atomic E-state index is 0. The Morgan fingerprint density at radius 3 is 2.32 bits per heavy atom. The molecule has 0 unspecified atom stereocenters. The molecule has 8 heteroatoms. The second-order valence-corrected chi connectivity index (χ2v) is 6.58. The fraction of sp³-hybridized carbons (Fsp3) is 0.500. The molecule has 1 heterocycles. The second-order valence-electron chi connectivity index (χ2n) is 6.58. The van der Waals surface area contributed by atoms with E-state index in [4.69, 9.17) is 4.84 Å². The average Bonchev–Trinajstić information content (AvgIpc) is 2.97. The Labute approximate surface area is 178 Å². The van der Waals surface area contributed by atoms with E-state index >= 15 is 0 Å². The number of benzene rings is 1. The molecule has 1 fully saturated rings. The number of hydrogen-bond donors (Lipinski definition) is 2. The first-order valence-corrected chi connectivity index (χ1v) is 9.58. The van der Waals surface area contributed by atoms with Crippen molar-refractivity contribution < 1.29 is 38.4 Å². The molecule has 0 saturated carbocycles. The molecule has 0 aromatic heterocycles. The van der Waals surface area contributed by atoms with Crippen LogP contribution in [0.25, 0.3) is 0 Å². The summed E-state index contributed by atoms with van der Waals surface area (Å²) in [6, 6.07) is 7.01. The molecule has 1 aliphatic rings. The Hall–Kier alpha value is -1.78. The number of hydroxylamine groups is 1. The second kappa shape index (κ2) is 13.4. The Balaban J connectivity index is 0.00000392. The summed E-state index contributed by atoms with van der Waals surface area (Å²) in [5.74, 6) is -1.33. The van der Waals surface area contributed by atoms with Crippen LogP contribution in [0.4, 0.5) is 5.69 Å². The molecule has 0 bridgehead atoms. The molecule has 7 nitrogen and oxygen atoms in total. The quantitative estimate of drug-likeness (QED) is 0.122. The van der Waals surface area contributed by atoms with E-state index in [-0.39, 0.29) is 25.1 Å². The van der Waals surface area contributed by atoms with E-state index < -0.39 is 17.4 Å². The number of carbonyl (C=O) groups excluding carboxylic acids is 2. The van der Waals surface area contributed by atoms with Gasteiger partial charge in [0.05, 0.1) is 17.9 Å². The van der Waals surface area contributed by atoms with Crippen LogP contribution in [0.2, 0.25) is 0 Å². The van der Waals surface area contributed by atoms with Crippen LogP contribution < -0.4 is 39.9 Å². The maximum Gasteiger partial charge on any atom is 1.00 e. The monoisotopic (exact) mass is 381 g/mol. The van der Waals surface area contributed by atoms with Crippen molar-refractivity contribution in [2.24, 2.45) is 0 Å². The molecule has 1 aromatic rings. The average molecular weight is 381 g/mol. The van der Waals surface area contributed by atoms with Crippen molar-refractivity contribution in [1.82, 2.24) is 10.9 Å². The zero-order chi connectivity index (χ0) is 19.5. The van der Waals surface area contributed by atoms with E-state index in [1.54, 1.807) is 12.1 Å². The molecule has 0 aliphatic carbocycles. The van der Waals surface area contributed by atoms with Gasteiger partial charge >= 0.3 is 18.9 Å². The predicted octanol–water partition coefficient (Wildman–Crippen LogP) is -0.916. The molecule has 0 atom stereocenters. The van der Waals surface area contributed by atoms with Crippen LogP contribution in [0.5, 0.6) is 0 Å². The van der Waals surface area contributed by atoms with Crippen molar-refractivity contribution in [2.75, 3.05) is 11.6 Å². The van der Waals surface area contributed by atoms with Gasteiger partial charge < -0.3 is 5.11 Å². The van der Waals surface area contributed by atoms with Gasteiger partial charge in [-0.15, -0.1) is 6.26 Å². The smallest absolute Gasteiger partial charge is 0.877 e. The Morgan fingerprint density at radius 1 is 1.07 bits per heavy atom. The first kappa shape index (κ1) is 24.3. The summed E-state index contributed by atoms with van der Waals surface area (Å²) in [5.41, 5.74) is 6.36. The molecule has 0 spiro atoms. The number of anilines is 1.